The van der Waals surface area contributed by atoms with E-state index in [1.807, 2.05) is 12.1 Å². The lowest BCUT2D eigenvalue weighted by atomic mass is 10.1. The molecule has 0 fully saturated rings. The number of carbonyl (C=O) groups is 1. The maximum absolute atomic E-state index is 10.4. The van der Waals surface area contributed by atoms with Gasteiger partial charge in [-0.15, -0.1) is 11.8 Å². The van der Waals surface area contributed by atoms with E-state index in [2.05, 4.69) is 6.07 Å². The average molecular weight is 224 g/mol. The molecule has 0 radical (unpaired) electrons. The van der Waals surface area contributed by atoms with Crippen LogP contribution < -0.4 is 4.74 Å². The first-order valence-corrected chi connectivity index (χ1v) is 5.85. The first-order chi connectivity index (χ1) is 7.27. The minimum atomic E-state index is -0.937. The third-order valence-electron chi connectivity index (χ3n) is 2.25. The molecule has 4 heteroatoms. The molecule has 2 rings (SSSR count). The summed E-state index contributed by atoms with van der Waals surface area (Å²) in [6, 6.07) is 5.83. The summed E-state index contributed by atoms with van der Waals surface area (Å²) in [5, 5.41) is 8.55. The van der Waals surface area contributed by atoms with Crippen LogP contribution in [0.5, 0.6) is 5.75 Å². The first kappa shape index (κ1) is 10.4. The number of thioether (sulfide) groups is 1. The largest absolute Gasteiger partial charge is 0.481 e. The van der Waals surface area contributed by atoms with Crippen molar-refractivity contribution < 1.29 is 14.6 Å². The monoisotopic (exact) mass is 224 g/mol. The van der Waals surface area contributed by atoms with Crippen LogP contribution in [0, 0.1) is 0 Å². The van der Waals surface area contributed by atoms with Gasteiger partial charge in [-0.05, 0) is 30.2 Å². The van der Waals surface area contributed by atoms with Gasteiger partial charge < -0.3 is 9.84 Å². The molecule has 1 heterocycles. The van der Waals surface area contributed by atoms with E-state index in [4.69, 9.17) is 9.84 Å². The number of aryl methyl sites for hydroxylation is 1. The van der Waals surface area contributed by atoms with Crippen molar-refractivity contribution in [3.05, 3.63) is 23.8 Å². The van der Waals surface area contributed by atoms with Gasteiger partial charge >= 0.3 is 5.97 Å². The number of hydrogen-bond donors (Lipinski definition) is 1. The maximum Gasteiger partial charge on any atom is 0.341 e. The van der Waals surface area contributed by atoms with E-state index in [1.165, 1.54) is 12.0 Å². The molecular weight excluding hydrogens is 212 g/mol. The smallest absolute Gasteiger partial charge is 0.341 e. The highest BCUT2D eigenvalue weighted by Crippen LogP contribution is 2.37. The molecule has 1 aliphatic rings. The second-order valence-corrected chi connectivity index (χ2v) is 4.48. The fraction of sp³-hybridized carbons (Fsp3) is 0.364. The van der Waals surface area contributed by atoms with Crippen molar-refractivity contribution in [3.63, 3.8) is 0 Å². The van der Waals surface area contributed by atoms with Gasteiger partial charge in [-0.2, -0.15) is 0 Å². The standard InChI is InChI=1S/C11H12O3S/c12-10(13)7-14-9-5-1-3-8-4-2-6-15-11(8)9/h1,3,5H,2,4,6-7H2,(H,12,13). The van der Waals surface area contributed by atoms with Crippen molar-refractivity contribution in [2.75, 3.05) is 12.4 Å². The second kappa shape index (κ2) is 4.57. The molecule has 80 valence electrons. The molecule has 15 heavy (non-hydrogen) atoms. The topological polar surface area (TPSA) is 46.5 Å². The molecule has 0 saturated carbocycles. The van der Waals surface area contributed by atoms with E-state index in [0.29, 0.717) is 5.75 Å². The lowest BCUT2D eigenvalue weighted by molar-refractivity contribution is -0.139. The lowest BCUT2D eigenvalue weighted by Gasteiger charge is -2.18. The molecule has 1 N–H and O–H groups in total. The van der Waals surface area contributed by atoms with Crippen LogP contribution in [0.2, 0.25) is 0 Å². The van der Waals surface area contributed by atoms with Crippen molar-refractivity contribution in [2.45, 2.75) is 17.7 Å². The van der Waals surface area contributed by atoms with Gasteiger partial charge in [0.05, 0.1) is 4.90 Å². The van der Waals surface area contributed by atoms with Gasteiger partial charge in [0.1, 0.15) is 5.75 Å². The van der Waals surface area contributed by atoms with Gasteiger partial charge in [-0.3, -0.25) is 0 Å². The van der Waals surface area contributed by atoms with Crippen LogP contribution in [0.1, 0.15) is 12.0 Å². The Bertz CT molecular complexity index is 376. The normalized spacial score (nSPS) is 14.4. The number of hydrogen-bond acceptors (Lipinski definition) is 3. The second-order valence-electron chi connectivity index (χ2n) is 3.38. The number of benzene rings is 1. The molecule has 3 nitrogen and oxygen atoms in total. The summed E-state index contributed by atoms with van der Waals surface area (Å²) < 4.78 is 5.25. The highest BCUT2D eigenvalue weighted by molar-refractivity contribution is 7.99. The Morgan fingerprint density at radius 3 is 3.20 bits per heavy atom. The Morgan fingerprint density at radius 2 is 2.40 bits per heavy atom. The van der Waals surface area contributed by atoms with Crippen LogP contribution >= 0.6 is 11.8 Å². The number of rotatable bonds is 3. The Hall–Kier alpha value is -1.16. The summed E-state index contributed by atoms with van der Waals surface area (Å²) in [6.07, 6.45) is 2.24. The van der Waals surface area contributed by atoms with Crippen molar-refractivity contribution in [2.24, 2.45) is 0 Å². The van der Waals surface area contributed by atoms with Crippen molar-refractivity contribution >= 4 is 17.7 Å². The average Bonchev–Trinajstić information content (AvgIpc) is 2.26. The van der Waals surface area contributed by atoms with Gasteiger partial charge in [0.25, 0.3) is 0 Å². The highest BCUT2D eigenvalue weighted by Gasteiger charge is 2.14. The number of ether oxygens (including phenoxy) is 1. The molecule has 0 atom stereocenters. The molecule has 1 aromatic carbocycles. The molecule has 0 aromatic heterocycles. The van der Waals surface area contributed by atoms with Crippen molar-refractivity contribution in [1.82, 2.24) is 0 Å². The van der Waals surface area contributed by atoms with E-state index in [-0.39, 0.29) is 6.61 Å². The van der Waals surface area contributed by atoms with Gasteiger partial charge in [0.15, 0.2) is 6.61 Å². The molecule has 0 amide bonds. The molecule has 0 unspecified atom stereocenters. The van der Waals surface area contributed by atoms with Crippen LogP contribution in [0.3, 0.4) is 0 Å². The molecule has 1 aliphatic heterocycles. The summed E-state index contributed by atoms with van der Waals surface area (Å²) in [5.74, 6) is 0.855. The molecule has 0 bridgehead atoms. The van der Waals surface area contributed by atoms with Crippen molar-refractivity contribution in [1.29, 1.82) is 0 Å². The maximum atomic E-state index is 10.4. The van der Waals surface area contributed by atoms with Crippen LogP contribution in [0.15, 0.2) is 23.1 Å². The fourth-order valence-corrected chi connectivity index (χ4v) is 2.73. The minimum absolute atomic E-state index is 0.267. The Balaban J connectivity index is 2.19. The van der Waals surface area contributed by atoms with E-state index < -0.39 is 5.97 Å². The minimum Gasteiger partial charge on any atom is -0.481 e. The lowest BCUT2D eigenvalue weighted by Crippen LogP contribution is -2.11. The summed E-state index contributed by atoms with van der Waals surface area (Å²) >= 11 is 1.75. The predicted octanol–water partition coefficient (Wildman–Crippen LogP) is 2.19. The Labute approximate surface area is 92.4 Å². The molecule has 0 aliphatic carbocycles. The van der Waals surface area contributed by atoms with E-state index >= 15 is 0 Å². The third-order valence-corrected chi connectivity index (χ3v) is 3.49. The fourth-order valence-electron chi connectivity index (χ4n) is 1.61. The zero-order valence-corrected chi connectivity index (χ0v) is 9.05. The number of aliphatic carboxylic acids is 1. The number of carboxylic acid groups (broad SMARTS) is 1. The van der Waals surface area contributed by atoms with E-state index in [1.54, 1.807) is 11.8 Å². The predicted molar refractivity (Wildman–Crippen MR) is 58.6 cm³/mol. The first-order valence-electron chi connectivity index (χ1n) is 4.86. The number of fused-ring (bicyclic) bond motifs is 1. The van der Waals surface area contributed by atoms with Crippen molar-refractivity contribution in [3.8, 4) is 5.75 Å². The van der Waals surface area contributed by atoms with Crippen LogP contribution in [-0.2, 0) is 11.2 Å². The molecular formula is C11H12O3S. The van der Waals surface area contributed by atoms with Gasteiger partial charge in [-0.25, -0.2) is 4.79 Å². The third kappa shape index (κ3) is 2.45. The molecule has 0 spiro atoms. The van der Waals surface area contributed by atoms with Gasteiger partial charge in [0, 0.05) is 0 Å². The summed E-state index contributed by atoms with van der Waals surface area (Å²) in [4.78, 5) is 11.5. The van der Waals surface area contributed by atoms with E-state index in [9.17, 15) is 4.79 Å². The van der Waals surface area contributed by atoms with Crippen LogP contribution in [0.4, 0.5) is 0 Å². The van der Waals surface area contributed by atoms with E-state index in [0.717, 1.165) is 17.1 Å². The van der Waals surface area contributed by atoms with Gasteiger partial charge in [0.2, 0.25) is 0 Å². The van der Waals surface area contributed by atoms with Crippen LogP contribution in [0.25, 0.3) is 0 Å². The Morgan fingerprint density at radius 1 is 1.53 bits per heavy atom. The zero-order chi connectivity index (χ0) is 10.7. The Kier molecular flexibility index (Phi) is 3.16. The summed E-state index contributed by atoms with van der Waals surface area (Å²) in [6.45, 7) is -0.267. The summed E-state index contributed by atoms with van der Waals surface area (Å²) in [5.41, 5.74) is 1.27. The zero-order valence-electron chi connectivity index (χ0n) is 8.23. The molecule has 1 aromatic rings. The van der Waals surface area contributed by atoms with Crippen LogP contribution in [-0.4, -0.2) is 23.4 Å². The SMILES string of the molecule is O=C(O)COc1cccc2c1SCCC2. The molecule has 0 saturated heterocycles. The highest BCUT2D eigenvalue weighted by atomic mass is 32.2. The van der Waals surface area contributed by atoms with Gasteiger partial charge in [-0.1, -0.05) is 12.1 Å². The quantitative estimate of drug-likeness (QED) is 0.855. The summed E-state index contributed by atoms with van der Waals surface area (Å²) in [7, 11) is 0. The number of carboxylic acids is 1.